The summed E-state index contributed by atoms with van der Waals surface area (Å²) in [6, 6.07) is 8.26. The molecule has 2 fully saturated rings. The molecule has 1 aliphatic heterocycles. The molecule has 88 valence electrons. The molecule has 2 aliphatic rings. The highest BCUT2D eigenvalue weighted by molar-refractivity contribution is 5.97. The van der Waals surface area contributed by atoms with E-state index in [1.54, 1.807) is 24.3 Å². The molecule has 0 bridgehead atoms. The summed E-state index contributed by atoms with van der Waals surface area (Å²) in [5.74, 6) is -0.451. The Bertz CT molecular complexity index is 471. The Hall–Kier alpha value is -1.84. The highest BCUT2D eigenvalue weighted by Crippen LogP contribution is 2.49. The van der Waals surface area contributed by atoms with Gasteiger partial charge in [-0.05, 0) is 30.4 Å². The SMILES string of the molecule is O=C(O)[C@H]1[C@@H]2C[C@@H]2CN1C(=O)c1ccccc1. The molecule has 1 aromatic carbocycles. The minimum absolute atomic E-state index is 0.162. The van der Waals surface area contributed by atoms with Crippen molar-refractivity contribution in [1.29, 1.82) is 0 Å². The van der Waals surface area contributed by atoms with Crippen LogP contribution < -0.4 is 0 Å². The first kappa shape index (κ1) is 10.3. The summed E-state index contributed by atoms with van der Waals surface area (Å²) in [5, 5.41) is 9.18. The molecule has 4 heteroatoms. The first-order valence-electron chi connectivity index (χ1n) is 5.77. The van der Waals surface area contributed by atoms with Crippen molar-refractivity contribution in [2.75, 3.05) is 6.54 Å². The van der Waals surface area contributed by atoms with Crippen LogP contribution in [0.25, 0.3) is 0 Å². The van der Waals surface area contributed by atoms with Gasteiger partial charge in [0, 0.05) is 12.1 Å². The summed E-state index contributed by atoms with van der Waals surface area (Å²) >= 11 is 0. The molecule has 1 saturated carbocycles. The summed E-state index contributed by atoms with van der Waals surface area (Å²) in [4.78, 5) is 24.9. The van der Waals surface area contributed by atoms with Crippen LogP contribution in [0.1, 0.15) is 16.8 Å². The van der Waals surface area contributed by atoms with E-state index in [9.17, 15) is 14.7 Å². The third-order valence-electron chi connectivity index (χ3n) is 3.68. The van der Waals surface area contributed by atoms with Crippen molar-refractivity contribution in [2.45, 2.75) is 12.5 Å². The average molecular weight is 231 g/mol. The lowest BCUT2D eigenvalue weighted by Gasteiger charge is -2.24. The number of rotatable bonds is 2. The fraction of sp³-hybridized carbons (Fsp3) is 0.385. The number of likely N-dealkylation sites (tertiary alicyclic amines) is 1. The zero-order chi connectivity index (χ0) is 12.0. The first-order valence-corrected chi connectivity index (χ1v) is 5.77. The molecule has 1 saturated heterocycles. The lowest BCUT2D eigenvalue weighted by Crippen LogP contribution is -2.43. The van der Waals surface area contributed by atoms with Gasteiger partial charge in [-0.2, -0.15) is 0 Å². The third kappa shape index (κ3) is 1.60. The van der Waals surface area contributed by atoms with Crippen molar-refractivity contribution >= 4 is 11.9 Å². The normalized spacial score (nSPS) is 29.9. The van der Waals surface area contributed by atoms with Gasteiger partial charge in [0.25, 0.3) is 5.91 Å². The van der Waals surface area contributed by atoms with Crippen LogP contribution in [0.4, 0.5) is 0 Å². The maximum absolute atomic E-state index is 12.2. The van der Waals surface area contributed by atoms with Crippen molar-refractivity contribution in [3.05, 3.63) is 35.9 Å². The number of hydrogen-bond acceptors (Lipinski definition) is 2. The Morgan fingerprint density at radius 2 is 1.94 bits per heavy atom. The van der Waals surface area contributed by atoms with Gasteiger partial charge in [-0.1, -0.05) is 18.2 Å². The molecule has 4 nitrogen and oxygen atoms in total. The Morgan fingerprint density at radius 1 is 1.24 bits per heavy atom. The van der Waals surface area contributed by atoms with E-state index in [1.807, 2.05) is 6.07 Å². The van der Waals surface area contributed by atoms with Gasteiger partial charge in [-0.3, -0.25) is 4.79 Å². The van der Waals surface area contributed by atoms with Gasteiger partial charge in [0.2, 0.25) is 0 Å². The van der Waals surface area contributed by atoms with Crippen molar-refractivity contribution in [2.24, 2.45) is 11.8 Å². The van der Waals surface area contributed by atoms with Crippen LogP contribution in [0.3, 0.4) is 0 Å². The van der Waals surface area contributed by atoms with Crippen LogP contribution >= 0.6 is 0 Å². The van der Waals surface area contributed by atoms with Crippen LogP contribution in [0.5, 0.6) is 0 Å². The van der Waals surface area contributed by atoms with Gasteiger partial charge in [-0.15, -0.1) is 0 Å². The number of carboxylic acid groups (broad SMARTS) is 1. The van der Waals surface area contributed by atoms with E-state index in [0.29, 0.717) is 18.0 Å². The summed E-state index contributed by atoms with van der Waals surface area (Å²) in [6.07, 6.45) is 0.954. The zero-order valence-electron chi connectivity index (χ0n) is 9.24. The van der Waals surface area contributed by atoms with Crippen molar-refractivity contribution in [3.8, 4) is 0 Å². The largest absolute Gasteiger partial charge is 0.480 e. The first-order chi connectivity index (χ1) is 8.18. The molecular formula is C13H13NO3. The van der Waals surface area contributed by atoms with E-state index in [-0.39, 0.29) is 11.8 Å². The van der Waals surface area contributed by atoms with Crippen LogP contribution in [0.15, 0.2) is 30.3 Å². The van der Waals surface area contributed by atoms with Gasteiger partial charge < -0.3 is 10.0 Å². The van der Waals surface area contributed by atoms with E-state index in [0.717, 1.165) is 6.42 Å². The highest BCUT2D eigenvalue weighted by Gasteiger charge is 2.57. The second kappa shape index (κ2) is 3.58. The lowest BCUT2D eigenvalue weighted by atomic mass is 10.1. The number of carbonyl (C=O) groups excluding carboxylic acids is 1. The molecule has 1 aromatic rings. The number of nitrogens with zero attached hydrogens (tertiary/aromatic N) is 1. The van der Waals surface area contributed by atoms with Gasteiger partial charge in [0.15, 0.2) is 0 Å². The van der Waals surface area contributed by atoms with Gasteiger partial charge in [-0.25, -0.2) is 4.79 Å². The number of fused-ring (bicyclic) bond motifs is 1. The van der Waals surface area contributed by atoms with E-state index in [2.05, 4.69) is 0 Å². The molecule has 17 heavy (non-hydrogen) atoms. The van der Waals surface area contributed by atoms with E-state index in [4.69, 9.17) is 0 Å². The molecule has 0 radical (unpaired) electrons. The van der Waals surface area contributed by atoms with Crippen molar-refractivity contribution in [1.82, 2.24) is 4.90 Å². The number of aliphatic carboxylic acids is 1. The standard InChI is InChI=1S/C13H13NO3/c15-12(8-4-2-1-3-5-8)14-7-9-6-10(9)11(14)13(16)17/h1-5,9-11H,6-7H2,(H,16,17)/t9-,10-,11-/m1/s1. The third-order valence-corrected chi connectivity index (χ3v) is 3.68. The number of carboxylic acids is 1. The highest BCUT2D eigenvalue weighted by atomic mass is 16.4. The predicted molar refractivity (Wildman–Crippen MR) is 60.5 cm³/mol. The second-order valence-electron chi connectivity index (χ2n) is 4.77. The van der Waals surface area contributed by atoms with Crippen LogP contribution in [-0.4, -0.2) is 34.5 Å². The molecule has 1 aliphatic carbocycles. The average Bonchev–Trinajstić information content (AvgIpc) is 2.99. The minimum Gasteiger partial charge on any atom is -0.480 e. The van der Waals surface area contributed by atoms with Crippen LogP contribution in [-0.2, 0) is 4.79 Å². The van der Waals surface area contributed by atoms with Gasteiger partial charge in [0.1, 0.15) is 6.04 Å². The molecule has 0 spiro atoms. The maximum atomic E-state index is 12.2. The number of benzene rings is 1. The Kier molecular flexibility index (Phi) is 2.18. The molecule has 1 heterocycles. The molecule has 1 amide bonds. The van der Waals surface area contributed by atoms with E-state index < -0.39 is 12.0 Å². The minimum atomic E-state index is -0.876. The van der Waals surface area contributed by atoms with E-state index >= 15 is 0 Å². The van der Waals surface area contributed by atoms with Crippen LogP contribution in [0, 0.1) is 11.8 Å². The Morgan fingerprint density at radius 3 is 2.59 bits per heavy atom. The summed E-state index contributed by atoms with van der Waals surface area (Å²) in [5.41, 5.74) is 0.569. The smallest absolute Gasteiger partial charge is 0.326 e. The molecule has 3 atom stereocenters. The second-order valence-corrected chi connectivity index (χ2v) is 4.77. The summed E-state index contributed by atoms with van der Waals surface area (Å²) in [6.45, 7) is 0.593. The fourth-order valence-corrected chi connectivity index (χ4v) is 2.74. The Labute approximate surface area is 98.9 Å². The Balaban J connectivity index is 1.85. The molecule has 1 N–H and O–H groups in total. The summed E-state index contributed by atoms with van der Waals surface area (Å²) in [7, 11) is 0. The monoisotopic (exact) mass is 231 g/mol. The number of carbonyl (C=O) groups is 2. The molecule has 0 unspecified atom stereocenters. The molecular weight excluding hydrogens is 218 g/mol. The topological polar surface area (TPSA) is 57.6 Å². The quantitative estimate of drug-likeness (QED) is 0.832. The molecule has 3 rings (SSSR count). The number of hydrogen-bond donors (Lipinski definition) is 1. The van der Waals surface area contributed by atoms with Gasteiger partial charge >= 0.3 is 5.97 Å². The van der Waals surface area contributed by atoms with Crippen LogP contribution in [0.2, 0.25) is 0 Å². The van der Waals surface area contributed by atoms with Crippen molar-refractivity contribution < 1.29 is 14.7 Å². The van der Waals surface area contributed by atoms with E-state index in [1.165, 1.54) is 4.90 Å². The van der Waals surface area contributed by atoms with Gasteiger partial charge in [0.05, 0.1) is 0 Å². The number of piperidine rings is 1. The fourth-order valence-electron chi connectivity index (χ4n) is 2.74. The number of amides is 1. The lowest BCUT2D eigenvalue weighted by molar-refractivity contribution is -0.142. The summed E-state index contributed by atoms with van der Waals surface area (Å²) < 4.78 is 0. The molecule has 0 aromatic heterocycles. The van der Waals surface area contributed by atoms with Crippen molar-refractivity contribution in [3.63, 3.8) is 0 Å². The zero-order valence-corrected chi connectivity index (χ0v) is 9.24. The maximum Gasteiger partial charge on any atom is 0.326 e. The predicted octanol–water partition coefficient (Wildman–Crippen LogP) is 1.23.